The molecule has 1 N–H and O–H groups in total. The van der Waals surface area contributed by atoms with E-state index in [9.17, 15) is 13.8 Å². The lowest BCUT2D eigenvalue weighted by Crippen LogP contribution is -2.53. The zero-order chi connectivity index (χ0) is 16.6. The first-order valence-corrected chi connectivity index (χ1v) is 9.29. The van der Waals surface area contributed by atoms with Gasteiger partial charge in [0, 0.05) is 47.3 Å². The molecule has 1 aliphatic carbocycles. The number of hydrogen-bond acceptors (Lipinski definition) is 3. The van der Waals surface area contributed by atoms with Crippen LogP contribution in [0.25, 0.3) is 0 Å². The third kappa shape index (κ3) is 3.32. The van der Waals surface area contributed by atoms with Crippen molar-refractivity contribution in [2.45, 2.75) is 37.9 Å². The van der Waals surface area contributed by atoms with Crippen LogP contribution in [0, 0.1) is 0 Å². The molecule has 1 aromatic rings. The molecule has 23 heavy (non-hydrogen) atoms. The Hall–Kier alpha value is -1.69. The zero-order valence-electron chi connectivity index (χ0n) is 13.6. The van der Waals surface area contributed by atoms with Crippen molar-refractivity contribution in [2.75, 3.05) is 24.2 Å². The van der Waals surface area contributed by atoms with E-state index in [1.165, 1.54) is 0 Å². The summed E-state index contributed by atoms with van der Waals surface area (Å²) in [6.45, 7) is 4.79. The van der Waals surface area contributed by atoms with E-state index in [1.54, 1.807) is 11.0 Å². The molecule has 0 aromatic heterocycles. The molecule has 6 heteroatoms. The Labute approximate surface area is 138 Å². The number of ketones is 1. The van der Waals surface area contributed by atoms with Gasteiger partial charge in [0.15, 0.2) is 5.78 Å². The van der Waals surface area contributed by atoms with Crippen molar-refractivity contribution in [3.63, 3.8) is 0 Å². The topological polar surface area (TPSA) is 66.5 Å². The first-order valence-electron chi connectivity index (χ1n) is 7.97. The van der Waals surface area contributed by atoms with Crippen LogP contribution >= 0.6 is 0 Å². The zero-order valence-corrected chi connectivity index (χ0v) is 14.4. The van der Waals surface area contributed by atoms with E-state index in [2.05, 4.69) is 5.32 Å². The van der Waals surface area contributed by atoms with Gasteiger partial charge in [-0.15, -0.1) is 0 Å². The fourth-order valence-corrected chi connectivity index (χ4v) is 4.40. The number of carbonyl (C=O) groups excluding carboxylic acids is 2. The summed E-state index contributed by atoms with van der Waals surface area (Å²) in [6.07, 6.45) is 2.40. The van der Waals surface area contributed by atoms with Crippen LogP contribution in [0.4, 0.5) is 10.5 Å². The van der Waals surface area contributed by atoms with Crippen molar-refractivity contribution < 1.29 is 13.8 Å². The number of benzene rings is 1. The lowest BCUT2D eigenvalue weighted by atomic mass is 9.90. The van der Waals surface area contributed by atoms with Gasteiger partial charge in [0.2, 0.25) is 0 Å². The number of anilines is 1. The fourth-order valence-electron chi connectivity index (χ4n) is 3.16. The van der Waals surface area contributed by atoms with Crippen LogP contribution in [0.1, 0.15) is 42.6 Å². The SMILES string of the molecule is CC1(C)CN(C(=O)Nc2ccc3c(c2)C(=O)CCC3)CC[S@]1=O. The van der Waals surface area contributed by atoms with E-state index in [0.717, 1.165) is 24.0 Å². The first kappa shape index (κ1) is 16.2. The van der Waals surface area contributed by atoms with E-state index in [4.69, 9.17) is 0 Å². The maximum Gasteiger partial charge on any atom is 0.321 e. The second-order valence-electron chi connectivity index (χ2n) is 6.81. The van der Waals surface area contributed by atoms with E-state index >= 15 is 0 Å². The minimum Gasteiger partial charge on any atom is -0.322 e. The Morgan fingerprint density at radius 2 is 2.09 bits per heavy atom. The highest BCUT2D eigenvalue weighted by Gasteiger charge is 2.35. The molecule has 2 aliphatic rings. The molecule has 0 radical (unpaired) electrons. The number of rotatable bonds is 1. The molecule has 2 amide bonds. The van der Waals surface area contributed by atoms with Gasteiger partial charge in [-0.05, 0) is 44.4 Å². The maximum atomic E-state index is 12.4. The second-order valence-corrected chi connectivity index (χ2v) is 9.01. The third-order valence-electron chi connectivity index (χ3n) is 4.53. The van der Waals surface area contributed by atoms with Crippen molar-refractivity contribution in [2.24, 2.45) is 0 Å². The van der Waals surface area contributed by atoms with Crippen molar-refractivity contribution in [1.29, 1.82) is 0 Å². The molecule has 0 spiro atoms. The lowest BCUT2D eigenvalue weighted by Gasteiger charge is -2.37. The molecule has 1 heterocycles. The summed E-state index contributed by atoms with van der Waals surface area (Å²) in [5.74, 6) is 0.653. The highest BCUT2D eigenvalue weighted by molar-refractivity contribution is 7.86. The van der Waals surface area contributed by atoms with Crippen molar-refractivity contribution in [3.05, 3.63) is 29.3 Å². The second kappa shape index (κ2) is 6.07. The third-order valence-corrected chi connectivity index (χ3v) is 6.45. The van der Waals surface area contributed by atoms with Gasteiger partial charge in [0.05, 0.1) is 4.75 Å². The quantitative estimate of drug-likeness (QED) is 0.858. The predicted octanol–water partition coefficient (Wildman–Crippen LogP) is 2.58. The molecule has 0 unspecified atom stereocenters. The smallest absolute Gasteiger partial charge is 0.321 e. The van der Waals surface area contributed by atoms with Gasteiger partial charge in [0.1, 0.15) is 0 Å². The standard InChI is InChI=1S/C17H22N2O3S/c1-17(2)11-19(8-9-23(17)22)16(21)18-13-7-6-12-4-3-5-15(20)14(12)10-13/h6-7,10H,3-5,8-9,11H2,1-2H3,(H,18,21)/t23-/m1/s1. The molecule has 0 saturated carbocycles. The Morgan fingerprint density at radius 3 is 2.83 bits per heavy atom. The fraction of sp³-hybridized carbons (Fsp3) is 0.529. The van der Waals surface area contributed by atoms with Crippen LogP contribution in [-0.2, 0) is 17.2 Å². The number of amides is 2. The van der Waals surface area contributed by atoms with Crippen molar-refractivity contribution in [1.82, 2.24) is 4.90 Å². The number of hydrogen-bond donors (Lipinski definition) is 1. The van der Waals surface area contributed by atoms with Gasteiger partial charge in [0.25, 0.3) is 0 Å². The minimum atomic E-state index is -0.907. The highest BCUT2D eigenvalue weighted by Crippen LogP contribution is 2.25. The van der Waals surface area contributed by atoms with Gasteiger partial charge in [-0.1, -0.05) is 6.07 Å². The number of carbonyl (C=O) groups is 2. The molecule has 1 fully saturated rings. The Bertz CT molecular complexity index is 684. The molecule has 3 rings (SSSR count). The Kier molecular flexibility index (Phi) is 4.27. The highest BCUT2D eigenvalue weighted by atomic mass is 32.2. The average molecular weight is 334 g/mol. The molecule has 0 bridgehead atoms. The summed E-state index contributed by atoms with van der Waals surface area (Å²) >= 11 is 0. The van der Waals surface area contributed by atoms with Gasteiger partial charge < -0.3 is 10.2 Å². The van der Waals surface area contributed by atoms with E-state index in [1.807, 2.05) is 26.0 Å². The summed E-state index contributed by atoms with van der Waals surface area (Å²) in [5, 5.41) is 2.87. The van der Waals surface area contributed by atoms with Gasteiger partial charge in [-0.25, -0.2) is 4.79 Å². The molecule has 1 aromatic carbocycles. The predicted molar refractivity (Wildman–Crippen MR) is 91.4 cm³/mol. The molecule has 1 aliphatic heterocycles. The van der Waals surface area contributed by atoms with Crippen LogP contribution in [0.5, 0.6) is 0 Å². The monoisotopic (exact) mass is 334 g/mol. The summed E-state index contributed by atoms with van der Waals surface area (Å²) < 4.78 is 11.6. The van der Waals surface area contributed by atoms with E-state index in [0.29, 0.717) is 31.0 Å². The number of nitrogens with zero attached hydrogens (tertiary/aromatic N) is 1. The maximum absolute atomic E-state index is 12.4. The average Bonchev–Trinajstić information content (AvgIpc) is 2.50. The normalized spacial score (nSPS) is 23.3. The summed E-state index contributed by atoms with van der Waals surface area (Å²) in [7, 11) is -0.907. The molecule has 5 nitrogen and oxygen atoms in total. The number of fused-ring (bicyclic) bond motifs is 1. The van der Waals surface area contributed by atoms with Crippen LogP contribution in [0.2, 0.25) is 0 Å². The van der Waals surface area contributed by atoms with Gasteiger partial charge >= 0.3 is 6.03 Å². The largest absolute Gasteiger partial charge is 0.322 e. The number of urea groups is 1. The number of aryl methyl sites for hydroxylation is 1. The van der Waals surface area contributed by atoms with Crippen LogP contribution in [0.3, 0.4) is 0 Å². The minimum absolute atomic E-state index is 0.150. The van der Waals surface area contributed by atoms with Crippen molar-refractivity contribution in [3.8, 4) is 0 Å². The first-order chi connectivity index (χ1) is 10.9. The number of nitrogens with one attached hydrogen (secondary N) is 1. The molecule has 1 atom stereocenters. The summed E-state index contributed by atoms with van der Waals surface area (Å²) in [6, 6.07) is 5.36. The Balaban J connectivity index is 1.72. The number of Topliss-reactive ketones (excluding diaryl/α,β-unsaturated/α-hetero) is 1. The lowest BCUT2D eigenvalue weighted by molar-refractivity contribution is 0.0972. The van der Waals surface area contributed by atoms with Crippen LogP contribution < -0.4 is 5.32 Å². The molecule has 124 valence electrons. The van der Waals surface area contributed by atoms with Crippen molar-refractivity contribution >= 4 is 28.3 Å². The van der Waals surface area contributed by atoms with E-state index < -0.39 is 10.8 Å². The molecule has 1 saturated heterocycles. The molecular formula is C17H22N2O3S. The summed E-state index contributed by atoms with van der Waals surface area (Å²) in [5.41, 5.74) is 2.44. The van der Waals surface area contributed by atoms with E-state index in [-0.39, 0.29) is 16.6 Å². The van der Waals surface area contributed by atoms with Gasteiger partial charge in [-0.2, -0.15) is 0 Å². The van der Waals surface area contributed by atoms with Crippen LogP contribution in [-0.4, -0.2) is 44.5 Å². The Morgan fingerprint density at radius 1 is 1.30 bits per heavy atom. The van der Waals surface area contributed by atoms with Gasteiger partial charge in [-0.3, -0.25) is 9.00 Å². The van der Waals surface area contributed by atoms with Crippen LogP contribution in [0.15, 0.2) is 18.2 Å². The summed E-state index contributed by atoms with van der Waals surface area (Å²) in [4.78, 5) is 26.1. The molecular weight excluding hydrogens is 312 g/mol.